The van der Waals surface area contributed by atoms with Gasteiger partial charge in [-0.2, -0.15) is 13.2 Å². The Hall–Kier alpha value is -1.72. The van der Waals surface area contributed by atoms with Gasteiger partial charge in [0.1, 0.15) is 5.75 Å². The summed E-state index contributed by atoms with van der Waals surface area (Å²) in [7, 11) is 2.71. The van der Waals surface area contributed by atoms with Crippen molar-refractivity contribution in [3.63, 3.8) is 0 Å². The number of methoxy groups -OCH3 is 2. The Morgan fingerprint density at radius 2 is 2.05 bits per heavy atom. The van der Waals surface area contributed by atoms with Gasteiger partial charge in [-0.25, -0.2) is 0 Å². The molecule has 6 heteroatoms. The van der Waals surface area contributed by atoms with E-state index in [2.05, 4.69) is 4.74 Å². The zero-order valence-electron chi connectivity index (χ0n) is 11.9. The van der Waals surface area contributed by atoms with E-state index in [1.54, 1.807) is 0 Å². The first-order valence-corrected chi connectivity index (χ1v) is 6.68. The summed E-state index contributed by atoms with van der Waals surface area (Å²) in [5, 5.41) is 0. The minimum atomic E-state index is -4.38. The second-order valence-electron chi connectivity index (χ2n) is 5.19. The first kappa shape index (κ1) is 15.7. The Balaban J connectivity index is 2.00. The highest BCUT2D eigenvalue weighted by Gasteiger charge is 2.43. The molecule has 1 fully saturated rings. The normalized spacial score (nSPS) is 21.0. The first-order chi connectivity index (χ1) is 9.86. The number of halogens is 3. The number of esters is 1. The highest BCUT2D eigenvalue weighted by molar-refractivity contribution is 5.75. The van der Waals surface area contributed by atoms with E-state index in [1.807, 2.05) is 0 Å². The highest BCUT2D eigenvalue weighted by Crippen LogP contribution is 2.43. The molecule has 0 aromatic heterocycles. The smallest absolute Gasteiger partial charge is 0.416 e. The molecule has 21 heavy (non-hydrogen) atoms. The molecule has 3 nitrogen and oxygen atoms in total. The van der Waals surface area contributed by atoms with Crippen molar-refractivity contribution in [2.45, 2.75) is 25.4 Å². The molecule has 0 amide bonds. The molecule has 1 aliphatic rings. The Morgan fingerprint density at radius 3 is 2.62 bits per heavy atom. The lowest BCUT2D eigenvalue weighted by atomic mass is 10.0. The number of aryl methyl sites for hydroxylation is 1. The topological polar surface area (TPSA) is 35.5 Å². The van der Waals surface area contributed by atoms with Crippen LogP contribution in [0.2, 0.25) is 0 Å². The van der Waals surface area contributed by atoms with Crippen molar-refractivity contribution in [3.8, 4) is 5.75 Å². The standard InChI is InChI=1S/C15H17F3O3/c1-20-13-8-11(15(16,17)18)6-5-9(13)3-4-10-7-12(10)14(19)21-2/h5-6,8,10,12H,3-4,7H2,1-2H3. The Labute approximate surface area is 121 Å². The average Bonchev–Trinajstić information content (AvgIpc) is 3.22. The minimum Gasteiger partial charge on any atom is -0.496 e. The number of carbonyl (C=O) groups is 1. The van der Waals surface area contributed by atoms with Crippen LogP contribution in [0.4, 0.5) is 13.2 Å². The molecule has 116 valence electrons. The Bertz CT molecular complexity index is 525. The molecule has 2 rings (SSSR count). The van der Waals surface area contributed by atoms with Crippen LogP contribution < -0.4 is 4.74 Å². The van der Waals surface area contributed by atoms with Gasteiger partial charge in [0, 0.05) is 0 Å². The van der Waals surface area contributed by atoms with Gasteiger partial charge in [0.2, 0.25) is 0 Å². The van der Waals surface area contributed by atoms with E-state index in [-0.39, 0.29) is 23.6 Å². The fourth-order valence-corrected chi connectivity index (χ4v) is 2.48. The largest absolute Gasteiger partial charge is 0.496 e. The monoisotopic (exact) mass is 302 g/mol. The Kier molecular flexibility index (Phi) is 4.44. The van der Waals surface area contributed by atoms with Crippen LogP contribution in [-0.2, 0) is 22.1 Å². The molecule has 0 N–H and O–H groups in total. The predicted molar refractivity (Wildman–Crippen MR) is 69.9 cm³/mol. The van der Waals surface area contributed by atoms with Crippen LogP contribution in [0.25, 0.3) is 0 Å². The number of alkyl halides is 3. The zero-order chi connectivity index (χ0) is 15.6. The molecule has 0 heterocycles. The van der Waals surface area contributed by atoms with Gasteiger partial charge in [-0.1, -0.05) is 6.07 Å². The average molecular weight is 302 g/mol. The van der Waals surface area contributed by atoms with Crippen LogP contribution in [0.1, 0.15) is 24.0 Å². The number of rotatable bonds is 5. The van der Waals surface area contributed by atoms with Crippen LogP contribution in [0.15, 0.2) is 18.2 Å². The first-order valence-electron chi connectivity index (χ1n) is 6.68. The summed E-state index contributed by atoms with van der Waals surface area (Å²) in [5.74, 6) is 0.222. The van der Waals surface area contributed by atoms with Gasteiger partial charge in [-0.05, 0) is 42.9 Å². The van der Waals surface area contributed by atoms with Crippen LogP contribution >= 0.6 is 0 Å². The lowest BCUT2D eigenvalue weighted by Crippen LogP contribution is -2.07. The summed E-state index contributed by atoms with van der Waals surface area (Å²) >= 11 is 0. The third-order valence-corrected chi connectivity index (χ3v) is 3.83. The Morgan fingerprint density at radius 1 is 1.33 bits per heavy atom. The molecular formula is C15H17F3O3. The van der Waals surface area contributed by atoms with E-state index in [0.717, 1.165) is 30.5 Å². The third-order valence-electron chi connectivity index (χ3n) is 3.83. The molecular weight excluding hydrogens is 285 g/mol. The fraction of sp³-hybridized carbons (Fsp3) is 0.533. The fourth-order valence-electron chi connectivity index (χ4n) is 2.48. The molecule has 1 aromatic rings. The lowest BCUT2D eigenvalue weighted by molar-refractivity contribution is -0.142. The van der Waals surface area contributed by atoms with Crippen molar-refractivity contribution >= 4 is 5.97 Å². The number of carbonyl (C=O) groups excluding carboxylic acids is 1. The summed E-state index contributed by atoms with van der Waals surface area (Å²) in [6.45, 7) is 0. The van der Waals surface area contributed by atoms with Gasteiger partial charge < -0.3 is 9.47 Å². The summed E-state index contributed by atoms with van der Waals surface area (Å²) in [6.07, 6.45) is -2.27. The lowest BCUT2D eigenvalue weighted by Gasteiger charge is -2.12. The van der Waals surface area contributed by atoms with Crippen LogP contribution in [0.5, 0.6) is 5.75 Å². The van der Waals surface area contributed by atoms with Crippen molar-refractivity contribution < 1.29 is 27.4 Å². The number of ether oxygens (including phenoxy) is 2. The van der Waals surface area contributed by atoms with Crippen LogP contribution in [0, 0.1) is 11.8 Å². The molecule has 2 atom stereocenters. The summed E-state index contributed by atoms with van der Waals surface area (Å²) in [6, 6.07) is 3.51. The van der Waals surface area contributed by atoms with Crippen molar-refractivity contribution in [2.24, 2.45) is 11.8 Å². The molecule has 1 aliphatic carbocycles. The van der Waals surface area contributed by atoms with Crippen LogP contribution in [-0.4, -0.2) is 20.2 Å². The van der Waals surface area contributed by atoms with Gasteiger partial charge >= 0.3 is 12.1 Å². The summed E-state index contributed by atoms with van der Waals surface area (Å²) in [4.78, 5) is 11.3. The predicted octanol–water partition coefficient (Wildman–Crippen LogP) is 3.46. The number of hydrogen-bond acceptors (Lipinski definition) is 3. The molecule has 0 bridgehead atoms. The number of benzene rings is 1. The van der Waals surface area contributed by atoms with E-state index in [4.69, 9.17) is 4.74 Å². The van der Waals surface area contributed by atoms with Crippen molar-refractivity contribution in [3.05, 3.63) is 29.3 Å². The second kappa shape index (κ2) is 5.95. The van der Waals surface area contributed by atoms with E-state index >= 15 is 0 Å². The number of hydrogen-bond donors (Lipinski definition) is 0. The molecule has 0 saturated heterocycles. The molecule has 0 spiro atoms. The molecule has 0 radical (unpaired) electrons. The quantitative estimate of drug-likeness (QED) is 0.781. The van der Waals surface area contributed by atoms with E-state index in [0.29, 0.717) is 6.42 Å². The van der Waals surface area contributed by atoms with E-state index < -0.39 is 11.7 Å². The molecule has 1 saturated carbocycles. The maximum absolute atomic E-state index is 12.6. The van der Waals surface area contributed by atoms with E-state index in [1.165, 1.54) is 20.3 Å². The third kappa shape index (κ3) is 3.68. The zero-order valence-corrected chi connectivity index (χ0v) is 11.9. The maximum Gasteiger partial charge on any atom is 0.416 e. The van der Waals surface area contributed by atoms with Gasteiger partial charge in [-0.3, -0.25) is 4.79 Å². The van der Waals surface area contributed by atoms with E-state index in [9.17, 15) is 18.0 Å². The SMILES string of the molecule is COC(=O)C1CC1CCc1ccc(C(F)(F)F)cc1OC. The molecule has 2 unspecified atom stereocenters. The summed E-state index contributed by atoms with van der Waals surface area (Å²) in [5.41, 5.74) is 0.00275. The van der Waals surface area contributed by atoms with Crippen molar-refractivity contribution in [1.82, 2.24) is 0 Å². The summed E-state index contributed by atoms with van der Waals surface area (Å²) < 4.78 is 47.6. The molecule has 1 aromatic carbocycles. The van der Waals surface area contributed by atoms with Crippen LogP contribution in [0.3, 0.4) is 0 Å². The van der Waals surface area contributed by atoms with Gasteiger partial charge in [0.15, 0.2) is 0 Å². The molecule has 0 aliphatic heterocycles. The van der Waals surface area contributed by atoms with Gasteiger partial charge in [0.05, 0.1) is 25.7 Å². The van der Waals surface area contributed by atoms with Gasteiger partial charge in [0.25, 0.3) is 0 Å². The second-order valence-corrected chi connectivity index (χ2v) is 5.19. The minimum absolute atomic E-state index is 0.0598. The van der Waals surface area contributed by atoms with Crippen molar-refractivity contribution in [2.75, 3.05) is 14.2 Å². The van der Waals surface area contributed by atoms with Gasteiger partial charge in [-0.15, -0.1) is 0 Å². The van der Waals surface area contributed by atoms with Crippen molar-refractivity contribution in [1.29, 1.82) is 0 Å². The highest BCUT2D eigenvalue weighted by atomic mass is 19.4. The maximum atomic E-state index is 12.6.